The number of Topliss-reactive ketones (excluding diaryl/α,β-unsaturated/α-hetero) is 1. The molecule has 0 radical (unpaired) electrons. The number of hydrogen-bond acceptors (Lipinski definition) is 6. The Balaban J connectivity index is 1.88. The monoisotopic (exact) mass is 440 g/mol. The predicted octanol–water partition coefficient (Wildman–Crippen LogP) is 4.43. The fourth-order valence-corrected chi connectivity index (χ4v) is 4.50. The Morgan fingerprint density at radius 2 is 2.10 bits per heavy atom. The van der Waals surface area contributed by atoms with Crippen molar-refractivity contribution in [2.75, 3.05) is 7.11 Å². The molecule has 0 unspecified atom stereocenters. The van der Waals surface area contributed by atoms with Crippen molar-refractivity contribution in [3.05, 3.63) is 86.8 Å². The molecule has 1 atom stereocenters. The van der Waals surface area contributed by atoms with E-state index < -0.39 is 17.7 Å². The Morgan fingerprint density at radius 3 is 2.77 bits per heavy atom. The number of nitrogens with zero attached hydrogens (tertiary/aromatic N) is 2. The molecule has 1 aromatic carbocycles. The zero-order valence-corrected chi connectivity index (χ0v) is 17.5. The minimum absolute atomic E-state index is 0.00640. The number of halogens is 1. The van der Waals surface area contributed by atoms with Gasteiger partial charge in [0.25, 0.3) is 11.7 Å². The highest BCUT2D eigenvalue weighted by Gasteiger charge is 2.46. The van der Waals surface area contributed by atoms with Crippen molar-refractivity contribution in [2.24, 2.45) is 0 Å². The Bertz CT molecular complexity index is 1130. The van der Waals surface area contributed by atoms with Crippen molar-refractivity contribution in [1.82, 2.24) is 9.88 Å². The average molecular weight is 441 g/mol. The molecular formula is C22H17ClN2O4S. The Labute approximate surface area is 182 Å². The van der Waals surface area contributed by atoms with Crippen molar-refractivity contribution >= 4 is 40.4 Å². The van der Waals surface area contributed by atoms with E-state index in [-0.39, 0.29) is 23.4 Å². The van der Waals surface area contributed by atoms with E-state index in [4.69, 9.17) is 16.3 Å². The van der Waals surface area contributed by atoms with Gasteiger partial charge in [-0.3, -0.25) is 14.6 Å². The molecule has 1 amide bonds. The molecular weight excluding hydrogens is 424 g/mol. The Hall–Kier alpha value is -3.16. The number of hydrogen-bond donors (Lipinski definition) is 1. The lowest BCUT2D eigenvalue weighted by atomic mass is 9.99. The third-order valence-electron chi connectivity index (χ3n) is 4.84. The first-order valence-corrected chi connectivity index (χ1v) is 10.3. The van der Waals surface area contributed by atoms with E-state index in [1.165, 1.54) is 29.4 Å². The third-order valence-corrected chi connectivity index (χ3v) is 6.00. The maximum absolute atomic E-state index is 13.0. The molecule has 152 valence electrons. The summed E-state index contributed by atoms with van der Waals surface area (Å²) in [5, 5.41) is 13.4. The number of carbonyl (C=O) groups excluding carboxylic acids is 2. The highest BCUT2D eigenvalue weighted by atomic mass is 35.5. The summed E-state index contributed by atoms with van der Waals surface area (Å²) < 4.78 is 5.32. The maximum atomic E-state index is 13.0. The lowest BCUT2D eigenvalue weighted by Crippen LogP contribution is -2.28. The van der Waals surface area contributed by atoms with Gasteiger partial charge in [0.15, 0.2) is 0 Å². The van der Waals surface area contributed by atoms with Crippen molar-refractivity contribution in [1.29, 1.82) is 0 Å². The van der Waals surface area contributed by atoms with Gasteiger partial charge in [-0.2, -0.15) is 0 Å². The molecule has 0 saturated carbocycles. The van der Waals surface area contributed by atoms with E-state index >= 15 is 0 Å². The number of likely N-dealkylation sites (tertiary alicyclic amines) is 1. The van der Waals surface area contributed by atoms with Gasteiger partial charge in [0.2, 0.25) is 0 Å². The van der Waals surface area contributed by atoms with E-state index in [0.717, 1.165) is 10.4 Å². The first-order valence-electron chi connectivity index (χ1n) is 9.06. The molecule has 0 aliphatic carbocycles. The van der Waals surface area contributed by atoms with Crippen LogP contribution >= 0.6 is 22.9 Å². The fraction of sp³-hybridized carbons (Fsp3) is 0.136. The van der Waals surface area contributed by atoms with Crippen molar-refractivity contribution in [2.45, 2.75) is 12.6 Å². The number of benzene rings is 1. The summed E-state index contributed by atoms with van der Waals surface area (Å²) in [5.74, 6) is -1.41. The number of aliphatic hydroxyl groups excluding tert-OH is 1. The topological polar surface area (TPSA) is 79.7 Å². The molecule has 1 aliphatic heterocycles. The molecule has 1 aliphatic rings. The molecule has 2 aromatic heterocycles. The van der Waals surface area contributed by atoms with Crippen molar-refractivity contribution in [3.8, 4) is 5.75 Å². The molecule has 0 bridgehead atoms. The summed E-state index contributed by atoms with van der Waals surface area (Å²) in [6.45, 7) is 0.185. The van der Waals surface area contributed by atoms with Gasteiger partial charge in [0.1, 0.15) is 11.5 Å². The van der Waals surface area contributed by atoms with Gasteiger partial charge in [0.05, 0.1) is 24.3 Å². The smallest absolute Gasteiger partial charge is 0.295 e. The number of rotatable bonds is 5. The number of carbonyl (C=O) groups is 2. The summed E-state index contributed by atoms with van der Waals surface area (Å²) in [6.07, 6.45) is 3.28. The number of ketones is 1. The highest BCUT2D eigenvalue weighted by Crippen LogP contribution is 2.43. The molecule has 1 N–H and O–H groups in total. The van der Waals surface area contributed by atoms with Crippen LogP contribution in [0.2, 0.25) is 5.02 Å². The molecule has 8 heteroatoms. The van der Waals surface area contributed by atoms with Crippen LogP contribution in [0.5, 0.6) is 5.75 Å². The summed E-state index contributed by atoms with van der Waals surface area (Å²) in [4.78, 5) is 32.3. The van der Waals surface area contributed by atoms with Crippen LogP contribution in [0, 0.1) is 0 Å². The molecule has 30 heavy (non-hydrogen) atoms. The van der Waals surface area contributed by atoms with Gasteiger partial charge in [-0.25, -0.2) is 0 Å². The largest absolute Gasteiger partial charge is 0.507 e. The number of ether oxygens (including phenoxy) is 1. The van der Waals surface area contributed by atoms with Gasteiger partial charge in [-0.1, -0.05) is 23.7 Å². The van der Waals surface area contributed by atoms with Gasteiger partial charge in [0, 0.05) is 28.8 Å². The molecule has 3 heterocycles. The number of aromatic nitrogens is 1. The predicted molar refractivity (Wildman–Crippen MR) is 114 cm³/mol. The van der Waals surface area contributed by atoms with Gasteiger partial charge in [-0.15, -0.1) is 11.3 Å². The lowest BCUT2D eigenvalue weighted by molar-refractivity contribution is -0.140. The standard InChI is InChI=1S/C22H17ClN2O4S/c1-29-16-7-6-14(23)10-15(16)20(26)18-19(17-5-3-9-30-17)25(22(28)21(18)27)12-13-4-2-8-24-11-13/h2-11,19,26H,12H2,1H3/t19-/m1/s1. The maximum Gasteiger partial charge on any atom is 0.295 e. The number of pyridine rings is 1. The van der Waals surface area contributed by atoms with E-state index in [2.05, 4.69) is 4.98 Å². The second-order valence-electron chi connectivity index (χ2n) is 6.65. The number of thiophene rings is 1. The lowest BCUT2D eigenvalue weighted by Gasteiger charge is -2.24. The first kappa shape index (κ1) is 20.1. The van der Waals surface area contributed by atoms with E-state index in [0.29, 0.717) is 10.8 Å². The minimum Gasteiger partial charge on any atom is -0.507 e. The van der Waals surface area contributed by atoms with Crippen LogP contribution in [0.4, 0.5) is 0 Å². The SMILES string of the molecule is COc1ccc(Cl)cc1C(O)=C1C(=O)C(=O)N(Cc2cccnc2)[C@@H]1c1cccs1. The summed E-state index contributed by atoms with van der Waals surface area (Å²) >= 11 is 7.51. The van der Waals surface area contributed by atoms with Gasteiger partial charge < -0.3 is 14.7 Å². The van der Waals surface area contributed by atoms with Crippen LogP contribution in [-0.2, 0) is 16.1 Å². The Morgan fingerprint density at radius 1 is 1.27 bits per heavy atom. The molecule has 1 saturated heterocycles. The van der Waals surface area contributed by atoms with E-state index in [1.54, 1.807) is 30.6 Å². The molecule has 0 spiro atoms. The van der Waals surface area contributed by atoms with Crippen LogP contribution in [0.1, 0.15) is 22.0 Å². The van der Waals surface area contributed by atoms with Crippen LogP contribution in [0.3, 0.4) is 0 Å². The van der Waals surface area contributed by atoms with Crippen LogP contribution in [0.15, 0.2) is 65.8 Å². The summed E-state index contributed by atoms with van der Waals surface area (Å²) in [5.41, 5.74) is 1.04. The van der Waals surface area contributed by atoms with Crippen LogP contribution < -0.4 is 4.74 Å². The van der Waals surface area contributed by atoms with Gasteiger partial charge in [-0.05, 0) is 41.3 Å². The van der Waals surface area contributed by atoms with E-state index in [1.807, 2.05) is 23.6 Å². The highest BCUT2D eigenvalue weighted by molar-refractivity contribution is 7.10. The second-order valence-corrected chi connectivity index (χ2v) is 8.06. The quantitative estimate of drug-likeness (QED) is 0.360. The van der Waals surface area contributed by atoms with Crippen LogP contribution in [0.25, 0.3) is 5.76 Å². The number of aliphatic hydroxyl groups is 1. The molecule has 1 fully saturated rings. The summed E-state index contributed by atoms with van der Waals surface area (Å²) in [6, 6.07) is 11.3. The average Bonchev–Trinajstić information content (AvgIpc) is 3.37. The normalized spacial score (nSPS) is 18.1. The van der Waals surface area contributed by atoms with Crippen LogP contribution in [-0.4, -0.2) is 33.8 Å². The molecule has 3 aromatic rings. The number of amides is 1. The molecule has 4 rings (SSSR count). The zero-order valence-electron chi connectivity index (χ0n) is 15.9. The second kappa shape index (κ2) is 8.30. The zero-order chi connectivity index (χ0) is 21.3. The van der Waals surface area contributed by atoms with Gasteiger partial charge >= 0.3 is 0 Å². The minimum atomic E-state index is -0.753. The van der Waals surface area contributed by atoms with E-state index in [9.17, 15) is 14.7 Å². The first-order chi connectivity index (χ1) is 14.5. The Kier molecular flexibility index (Phi) is 5.57. The fourth-order valence-electron chi connectivity index (χ4n) is 3.48. The molecule has 6 nitrogen and oxygen atoms in total. The number of methoxy groups -OCH3 is 1. The van der Waals surface area contributed by atoms with Crippen molar-refractivity contribution in [3.63, 3.8) is 0 Å². The van der Waals surface area contributed by atoms with Crippen molar-refractivity contribution < 1.29 is 19.4 Å². The third kappa shape index (κ3) is 3.58. The summed E-state index contributed by atoms with van der Waals surface area (Å²) in [7, 11) is 1.46.